The Balaban J connectivity index is 1.39. The summed E-state index contributed by atoms with van der Waals surface area (Å²) in [6.45, 7) is 2.82. The molecule has 3 aromatic rings. The maximum atomic E-state index is 13.0. The van der Waals surface area contributed by atoms with E-state index in [0.29, 0.717) is 36.9 Å². The third-order valence-electron chi connectivity index (χ3n) is 5.51. The summed E-state index contributed by atoms with van der Waals surface area (Å²) in [4.78, 5) is 28.6. The van der Waals surface area contributed by atoms with E-state index in [1.807, 2.05) is 13.2 Å². The van der Waals surface area contributed by atoms with Gasteiger partial charge in [0.15, 0.2) is 0 Å². The molecule has 0 spiro atoms. The van der Waals surface area contributed by atoms with E-state index in [9.17, 15) is 4.79 Å². The molecular weight excluding hydrogens is 410 g/mol. The van der Waals surface area contributed by atoms with Crippen LogP contribution in [0.3, 0.4) is 0 Å². The minimum absolute atomic E-state index is 0.233. The van der Waals surface area contributed by atoms with Gasteiger partial charge in [0.1, 0.15) is 11.7 Å². The molecule has 0 unspecified atom stereocenters. The molecule has 0 saturated carbocycles. The molecule has 5 rings (SSSR count). The van der Waals surface area contributed by atoms with Crippen LogP contribution in [0, 0.1) is 0 Å². The number of pyridine rings is 2. The first-order valence-corrected chi connectivity index (χ1v) is 10.3. The van der Waals surface area contributed by atoms with Gasteiger partial charge in [0.25, 0.3) is 5.91 Å². The van der Waals surface area contributed by atoms with Crippen LogP contribution in [-0.2, 0) is 18.2 Å². The second-order valence-electron chi connectivity index (χ2n) is 7.60. The first-order valence-electron chi connectivity index (χ1n) is 10.3. The zero-order valence-corrected chi connectivity index (χ0v) is 17.9. The summed E-state index contributed by atoms with van der Waals surface area (Å²) in [7, 11) is 3.43. The van der Waals surface area contributed by atoms with Crippen molar-refractivity contribution < 1.29 is 14.3 Å². The summed E-state index contributed by atoms with van der Waals surface area (Å²) in [5.74, 6) is 1.58. The SMILES string of the molecule is COc1ncc(-c2cnn(C)c2)c2c1CC(NC(=O)c1ccnc(N3CCOCC3)c1)=N2. The molecule has 164 valence electrons. The van der Waals surface area contributed by atoms with E-state index >= 15 is 0 Å². The molecular formula is C22H23N7O3. The Kier molecular flexibility index (Phi) is 5.28. The molecule has 1 saturated heterocycles. The topological polar surface area (TPSA) is 107 Å². The van der Waals surface area contributed by atoms with Gasteiger partial charge in [-0.2, -0.15) is 5.10 Å². The van der Waals surface area contributed by atoms with E-state index < -0.39 is 0 Å². The van der Waals surface area contributed by atoms with Gasteiger partial charge in [-0.05, 0) is 12.1 Å². The van der Waals surface area contributed by atoms with E-state index in [4.69, 9.17) is 14.5 Å². The molecule has 1 fully saturated rings. The number of rotatable bonds is 4. The van der Waals surface area contributed by atoms with E-state index in [1.165, 1.54) is 0 Å². The Bertz CT molecular complexity index is 1200. The van der Waals surface area contributed by atoms with Crippen molar-refractivity contribution >= 4 is 23.2 Å². The Morgan fingerprint density at radius 1 is 1.22 bits per heavy atom. The number of amidine groups is 1. The second-order valence-corrected chi connectivity index (χ2v) is 7.60. The van der Waals surface area contributed by atoms with Crippen LogP contribution in [0.25, 0.3) is 11.1 Å². The number of methoxy groups -OCH3 is 1. The number of morpholine rings is 1. The number of hydrogen-bond donors (Lipinski definition) is 1. The van der Waals surface area contributed by atoms with Crippen molar-refractivity contribution in [3.63, 3.8) is 0 Å². The van der Waals surface area contributed by atoms with Crippen LogP contribution in [0.15, 0.2) is 41.9 Å². The molecule has 1 amide bonds. The predicted molar refractivity (Wildman–Crippen MR) is 119 cm³/mol. The highest BCUT2D eigenvalue weighted by Crippen LogP contribution is 2.40. The smallest absolute Gasteiger partial charge is 0.256 e. The Morgan fingerprint density at radius 3 is 2.81 bits per heavy atom. The van der Waals surface area contributed by atoms with Gasteiger partial charge in [0.05, 0.1) is 32.2 Å². The highest BCUT2D eigenvalue weighted by Gasteiger charge is 2.26. The second kappa shape index (κ2) is 8.39. The summed E-state index contributed by atoms with van der Waals surface area (Å²) < 4.78 is 12.6. The number of amides is 1. The summed E-state index contributed by atoms with van der Waals surface area (Å²) in [5.41, 5.74) is 3.85. The Hall–Kier alpha value is -3.79. The lowest BCUT2D eigenvalue weighted by atomic mass is 10.1. The number of aromatic nitrogens is 4. The quantitative estimate of drug-likeness (QED) is 0.668. The number of ether oxygens (including phenoxy) is 2. The van der Waals surface area contributed by atoms with E-state index in [-0.39, 0.29) is 5.91 Å². The normalized spacial score (nSPS) is 15.3. The minimum Gasteiger partial charge on any atom is -0.481 e. The molecule has 10 nitrogen and oxygen atoms in total. The van der Waals surface area contributed by atoms with Crippen LogP contribution in [0.2, 0.25) is 0 Å². The number of aryl methyl sites for hydroxylation is 1. The molecule has 2 aliphatic rings. The fourth-order valence-corrected chi connectivity index (χ4v) is 3.90. The molecule has 2 aliphatic heterocycles. The van der Waals surface area contributed by atoms with Crippen LogP contribution in [0.4, 0.5) is 11.5 Å². The standard InChI is InChI=1S/C22H23N7O3/c1-28-13-15(11-25-28)17-12-24-22(31-2)16-10-18(26-20(16)17)27-21(30)14-3-4-23-19(9-14)29-5-7-32-8-6-29/h3-4,9,11-13H,5-8,10H2,1-2H3,(H,26,27,30). The van der Waals surface area contributed by atoms with Crippen molar-refractivity contribution in [2.24, 2.45) is 12.0 Å². The van der Waals surface area contributed by atoms with Gasteiger partial charge in [0.2, 0.25) is 5.88 Å². The number of fused-ring (bicyclic) bond motifs is 1. The van der Waals surface area contributed by atoms with Gasteiger partial charge in [-0.1, -0.05) is 0 Å². The molecule has 0 atom stereocenters. The van der Waals surface area contributed by atoms with Gasteiger partial charge in [-0.15, -0.1) is 0 Å². The number of nitrogens with zero attached hydrogens (tertiary/aromatic N) is 6. The third-order valence-corrected chi connectivity index (χ3v) is 5.51. The lowest BCUT2D eigenvalue weighted by Crippen LogP contribution is -2.37. The number of aliphatic imine (C=N–C) groups is 1. The van der Waals surface area contributed by atoms with E-state index in [2.05, 4.69) is 25.3 Å². The molecule has 3 aromatic heterocycles. The maximum absolute atomic E-state index is 13.0. The molecule has 10 heteroatoms. The van der Waals surface area contributed by atoms with Gasteiger partial charge in [-0.3, -0.25) is 9.48 Å². The van der Waals surface area contributed by atoms with Crippen LogP contribution in [0.5, 0.6) is 5.88 Å². The summed E-state index contributed by atoms with van der Waals surface area (Å²) >= 11 is 0. The van der Waals surface area contributed by atoms with Crippen molar-refractivity contribution in [2.75, 3.05) is 38.3 Å². The average Bonchev–Trinajstić information content (AvgIpc) is 3.45. The summed E-state index contributed by atoms with van der Waals surface area (Å²) in [5, 5.41) is 7.18. The molecule has 1 N–H and O–H groups in total. The molecule has 5 heterocycles. The largest absolute Gasteiger partial charge is 0.481 e. The average molecular weight is 433 g/mol. The molecule has 32 heavy (non-hydrogen) atoms. The van der Waals surface area contributed by atoms with Gasteiger partial charge in [0, 0.05) is 67.4 Å². The van der Waals surface area contributed by atoms with Gasteiger partial charge < -0.3 is 19.7 Å². The van der Waals surface area contributed by atoms with Crippen molar-refractivity contribution in [3.05, 3.63) is 48.0 Å². The van der Waals surface area contributed by atoms with Crippen molar-refractivity contribution in [1.29, 1.82) is 0 Å². The first kappa shape index (κ1) is 20.1. The van der Waals surface area contributed by atoms with Gasteiger partial charge in [-0.25, -0.2) is 15.0 Å². The zero-order valence-electron chi connectivity index (χ0n) is 17.9. The number of nitrogens with one attached hydrogen (secondary N) is 1. The van der Waals surface area contributed by atoms with Crippen LogP contribution in [0.1, 0.15) is 15.9 Å². The Morgan fingerprint density at radius 2 is 2.06 bits per heavy atom. The lowest BCUT2D eigenvalue weighted by Gasteiger charge is -2.27. The van der Waals surface area contributed by atoms with Crippen molar-refractivity contribution in [1.82, 2.24) is 25.1 Å². The minimum atomic E-state index is -0.233. The fourth-order valence-electron chi connectivity index (χ4n) is 3.90. The van der Waals surface area contributed by atoms with Crippen LogP contribution in [-0.4, -0.2) is 64.9 Å². The molecule has 0 aromatic carbocycles. The predicted octanol–water partition coefficient (Wildman–Crippen LogP) is 1.74. The monoisotopic (exact) mass is 433 g/mol. The molecule has 0 radical (unpaired) electrons. The van der Waals surface area contributed by atoms with Gasteiger partial charge >= 0.3 is 0 Å². The maximum Gasteiger partial charge on any atom is 0.256 e. The Labute approximate surface area is 184 Å². The molecule has 0 bridgehead atoms. The zero-order chi connectivity index (χ0) is 22.1. The van der Waals surface area contributed by atoms with E-state index in [0.717, 1.165) is 41.3 Å². The number of carbonyl (C=O) groups is 1. The number of anilines is 1. The highest BCUT2D eigenvalue weighted by atomic mass is 16.5. The van der Waals surface area contributed by atoms with Crippen molar-refractivity contribution in [2.45, 2.75) is 6.42 Å². The van der Waals surface area contributed by atoms with Crippen LogP contribution < -0.4 is 15.0 Å². The molecule has 0 aliphatic carbocycles. The van der Waals surface area contributed by atoms with E-state index in [1.54, 1.807) is 42.5 Å². The number of hydrogen-bond acceptors (Lipinski definition) is 8. The number of carbonyl (C=O) groups excluding carboxylic acids is 1. The first-order chi connectivity index (χ1) is 15.6. The van der Waals surface area contributed by atoms with Crippen LogP contribution >= 0.6 is 0 Å². The lowest BCUT2D eigenvalue weighted by molar-refractivity contribution is 0.0976. The highest BCUT2D eigenvalue weighted by molar-refractivity contribution is 6.10. The fraction of sp³-hybridized carbons (Fsp3) is 0.318. The summed E-state index contributed by atoms with van der Waals surface area (Å²) in [6.07, 6.45) is 7.46. The third kappa shape index (κ3) is 3.80. The summed E-state index contributed by atoms with van der Waals surface area (Å²) in [6, 6.07) is 3.50. The van der Waals surface area contributed by atoms with Crippen molar-refractivity contribution in [3.8, 4) is 17.0 Å².